The predicted molar refractivity (Wildman–Crippen MR) is 101 cm³/mol. The van der Waals surface area contributed by atoms with Gasteiger partial charge in [-0.2, -0.15) is 0 Å². The van der Waals surface area contributed by atoms with E-state index in [0.29, 0.717) is 17.2 Å². The maximum Gasteiger partial charge on any atom is 0.251 e. The number of carbonyl (C=O) groups is 1. The van der Waals surface area contributed by atoms with Gasteiger partial charge in [-0.15, -0.1) is 0 Å². The fourth-order valence-electron chi connectivity index (χ4n) is 3.42. The Hall–Kier alpha value is -2.31. The monoisotopic (exact) mass is 374 g/mol. The van der Waals surface area contributed by atoms with Crippen LogP contribution in [-0.2, 0) is 4.74 Å². The summed E-state index contributed by atoms with van der Waals surface area (Å²) in [4.78, 5) is 14.8. The number of halogens is 2. The van der Waals surface area contributed by atoms with Gasteiger partial charge >= 0.3 is 0 Å². The molecule has 2 aromatic rings. The number of likely N-dealkylation sites (tertiary alicyclic amines) is 1. The molecule has 6 heteroatoms. The molecule has 0 aliphatic carbocycles. The first-order valence-electron chi connectivity index (χ1n) is 9.03. The normalized spacial score (nSPS) is 20.2. The summed E-state index contributed by atoms with van der Waals surface area (Å²) >= 11 is 0. The van der Waals surface area contributed by atoms with E-state index in [9.17, 15) is 13.6 Å². The third-order valence-electron chi connectivity index (χ3n) is 5.04. The van der Waals surface area contributed by atoms with E-state index >= 15 is 0 Å². The van der Waals surface area contributed by atoms with Crippen LogP contribution in [0.4, 0.5) is 8.78 Å². The Bertz CT molecular complexity index is 788. The van der Waals surface area contributed by atoms with Gasteiger partial charge in [0, 0.05) is 31.8 Å². The number of nitrogens with one attached hydrogen (secondary N) is 1. The van der Waals surface area contributed by atoms with Crippen molar-refractivity contribution in [2.45, 2.75) is 32.0 Å². The van der Waals surface area contributed by atoms with Crippen LogP contribution >= 0.6 is 0 Å². The van der Waals surface area contributed by atoms with Crippen molar-refractivity contribution in [2.75, 3.05) is 20.2 Å². The fourth-order valence-corrected chi connectivity index (χ4v) is 3.42. The van der Waals surface area contributed by atoms with Gasteiger partial charge in [0.05, 0.1) is 17.7 Å². The minimum absolute atomic E-state index is 0.0665. The Morgan fingerprint density at radius 1 is 1.11 bits per heavy atom. The summed E-state index contributed by atoms with van der Waals surface area (Å²) in [5.74, 6) is -1.49. The highest BCUT2D eigenvalue weighted by Crippen LogP contribution is 2.26. The number of nitrogens with zero attached hydrogens (tertiary/aromatic N) is 1. The molecule has 2 aromatic carbocycles. The molecule has 1 heterocycles. The zero-order valence-corrected chi connectivity index (χ0v) is 15.7. The maximum absolute atomic E-state index is 13.9. The number of carbonyl (C=O) groups excluding carboxylic acids is 1. The molecule has 0 aromatic heterocycles. The first-order chi connectivity index (χ1) is 12.9. The second kappa shape index (κ2) is 8.15. The first kappa shape index (κ1) is 19.5. The van der Waals surface area contributed by atoms with Crippen LogP contribution in [0.1, 0.15) is 24.2 Å². The Morgan fingerprint density at radius 2 is 1.74 bits per heavy atom. The minimum Gasteiger partial charge on any atom is -0.378 e. The maximum atomic E-state index is 13.9. The predicted octanol–water partition coefficient (Wildman–Crippen LogP) is 3.47. The van der Waals surface area contributed by atoms with Crippen molar-refractivity contribution in [3.63, 3.8) is 0 Å². The molecule has 0 bridgehead atoms. The van der Waals surface area contributed by atoms with Crippen LogP contribution in [-0.4, -0.2) is 49.2 Å². The summed E-state index contributed by atoms with van der Waals surface area (Å²) in [6.45, 7) is 5.71. The Morgan fingerprint density at radius 3 is 2.30 bits per heavy atom. The van der Waals surface area contributed by atoms with Gasteiger partial charge in [-0.3, -0.25) is 9.69 Å². The molecule has 2 atom stereocenters. The second-order valence-corrected chi connectivity index (χ2v) is 7.08. The van der Waals surface area contributed by atoms with E-state index in [1.165, 1.54) is 18.2 Å². The van der Waals surface area contributed by atoms with Gasteiger partial charge in [0.25, 0.3) is 5.91 Å². The molecule has 3 rings (SSSR count). The zero-order chi connectivity index (χ0) is 19.6. The van der Waals surface area contributed by atoms with E-state index in [-0.39, 0.29) is 23.6 Å². The highest BCUT2D eigenvalue weighted by Gasteiger charge is 2.35. The minimum atomic E-state index is -0.630. The van der Waals surface area contributed by atoms with Crippen molar-refractivity contribution in [3.8, 4) is 11.1 Å². The van der Waals surface area contributed by atoms with Crippen molar-refractivity contribution in [3.05, 3.63) is 59.7 Å². The Labute approximate surface area is 158 Å². The van der Waals surface area contributed by atoms with E-state index in [1.54, 1.807) is 31.4 Å². The number of ether oxygens (including phenoxy) is 1. The van der Waals surface area contributed by atoms with Crippen LogP contribution in [0, 0.1) is 11.6 Å². The average Bonchev–Trinajstić information content (AvgIpc) is 3.05. The van der Waals surface area contributed by atoms with Crippen LogP contribution < -0.4 is 5.32 Å². The highest BCUT2D eigenvalue weighted by molar-refractivity contribution is 5.95. The smallest absolute Gasteiger partial charge is 0.251 e. The number of hydrogen-bond acceptors (Lipinski definition) is 3. The standard InChI is InChI=1S/C21H24F2N2O2/c1-13(2)25-11-18(19(12-25)27-3)24-21(26)15-9-7-14(8-10-15)20-16(22)5-4-6-17(20)23/h4-10,13,18-19H,11-12H2,1-3H3,(H,24,26)/t18-,19-/m0/s1. The van der Waals surface area contributed by atoms with Crippen molar-refractivity contribution in [2.24, 2.45) is 0 Å². The average molecular weight is 374 g/mol. The third-order valence-corrected chi connectivity index (χ3v) is 5.04. The molecule has 0 unspecified atom stereocenters. The molecule has 1 fully saturated rings. The quantitative estimate of drug-likeness (QED) is 0.871. The molecule has 0 saturated carbocycles. The summed E-state index contributed by atoms with van der Waals surface area (Å²) in [6.07, 6.45) is -0.0665. The third kappa shape index (κ3) is 4.17. The first-order valence-corrected chi connectivity index (χ1v) is 9.03. The van der Waals surface area contributed by atoms with Gasteiger partial charge < -0.3 is 10.1 Å². The molecule has 27 heavy (non-hydrogen) atoms. The number of amides is 1. The molecule has 1 aliphatic rings. The van der Waals surface area contributed by atoms with Gasteiger partial charge in [-0.25, -0.2) is 8.78 Å². The van der Waals surface area contributed by atoms with Crippen molar-refractivity contribution >= 4 is 5.91 Å². The molecular weight excluding hydrogens is 350 g/mol. The summed E-state index contributed by atoms with van der Waals surface area (Å²) < 4.78 is 33.3. The molecule has 0 radical (unpaired) electrons. The van der Waals surface area contributed by atoms with Crippen molar-refractivity contribution in [1.82, 2.24) is 10.2 Å². The molecule has 0 spiro atoms. The lowest BCUT2D eigenvalue weighted by atomic mass is 10.0. The van der Waals surface area contributed by atoms with Gasteiger partial charge in [-0.05, 0) is 43.7 Å². The van der Waals surface area contributed by atoms with Gasteiger partial charge in [0.2, 0.25) is 0 Å². The largest absolute Gasteiger partial charge is 0.378 e. The number of rotatable bonds is 5. The zero-order valence-electron chi connectivity index (χ0n) is 15.7. The van der Waals surface area contributed by atoms with Gasteiger partial charge in [-0.1, -0.05) is 18.2 Å². The molecule has 1 saturated heterocycles. The summed E-state index contributed by atoms with van der Waals surface area (Å²) in [6, 6.07) is 10.3. The Kier molecular flexibility index (Phi) is 5.87. The fraction of sp³-hybridized carbons (Fsp3) is 0.381. The van der Waals surface area contributed by atoms with E-state index in [1.807, 2.05) is 0 Å². The van der Waals surface area contributed by atoms with Crippen molar-refractivity contribution in [1.29, 1.82) is 0 Å². The summed E-state index contributed by atoms with van der Waals surface area (Å²) in [5, 5.41) is 3.01. The van der Waals surface area contributed by atoms with Crippen LogP contribution in [0.2, 0.25) is 0 Å². The van der Waals surface area contributed by atoms with E-state index in [4.69, 9.17) is 4.74 Å². The van der Waals surface area contributed by atoms with E-state index in [0.717, 1.165) is 13.1 Å². The molecule has 144 valence electrons. The van der Waals surface area contributed by atoms with Crippen LogP contribution in [0.5, 0.6) is 0 Å². The van der Waals surface area contributed by atoms with E-state index < -0.39 is 11.6 Å². The number of benzene rings is 2. The van der Waals surface area contributed by atoms with Crippen LogP contribution in [0.3, 0.4) is 0 Å². The molecule has 1 N–H and O–H groups in total. The number of hydrogen-bond donors (Lipinski definition) is 1. The Balaban J connectivity index is 1.73. The lowest BCUT2D eigenvalue weighted by Crippen LogP contribution is -2.43. The summed E-state index contributed by atoms with van der Waals surface area (Å²) in [5.41, 5.74) is 0.740. The van der Waals surface area contributed by atoms with Crippen LogP contribution in [0.15, 0.2) is 42.5 Å². The van der Waals surface area contributed by atoms with Gasteiger partial charge in [0.1, 0.15) is 11.6 Å². The molecule has 1 amide bonds. The van der Waals surface area contributed by atoms with E-state index in [2.05, 4.69) is 24.1 Å². The molecular formula is C21H24F2N2O2. The summed E-state index contributed by atoms with van der Waals surface area (Å²) in [7, 11) is 1.64. The van der Waals surface area contributed by atoms with Crippen LogP contribution in [0.25, 0.3) is 11.1 Å². The highest BCUT2D eigenvalue weighted by atomic mass is 19.1. The SMILES string of the molecule is CO[C@H]1CN(C(C)C)C[C@@H]1NC(=O)c1ccc(-c2c(F)cccc2F)cc1. The lowest BCUT2D eigenvalue weighted by Gasteiger charge is -2.20. The lowest BCUT2D eigenvalue weighted by molar-refractivity contribution is 0.0753. The van der Waals surface area contributed by atoms with Crippen molar-refractivity contribution < 1.29 is 18.3 Å². The second-order valence-electron chi connectivity index (χ2n) is 7.08. The topological polar surface area (TPSA) is 41.6 Å². The molecule has 1 aliphatic heterocycles. The van der Waals surface area contributed by atoms with Gasteiger partial charge in [0.15, 0.2) is 0 Å². The molecule has 4 nitrogen and oxygen atoms in total. The number of methoxy groups -OCH3 is 1.